The van der Waals surface area contributed by atoms with Gasteiger partial charge in [0, 0.05) is 37.8 Å². The number of piperidine rings is 1. The molecular formula is C26H27F2N5O6. The lowest BCUT2D eigenvalue weighted by molar-refractivity contribution is -0.142. The smallest absolute Gasteiger partial charge is 0.409 e. The lowest BCUT2D eigenvalue weighted by atomic mass is 10.1. The maximum absolute atomic E-state index is 13.8. The molecule has 11 nitrogen and oxygen atoms in total. The number of amides is 2. The Morgan fingerprint density at radius 1 is 1.15 bits per heavy atom. The number of hydrogen-bond donors (Lipinski definition) is 2. The van der Waals surface area contributed by atoms with Gasteiger partial charge < -0.3 is 24.4 Å². The van der Waals surface area contributed by atoms with Crippen molar-refractivity contribution in [2.75, 3.05) is 49.6 Å². The van der Waals surface area contributed by atoms with Crippen LogP contribution in [0, 0.1) is 0 Å². The summed E-state index contributed by atoms with van der Waals surface area (Å²) in [4.78, 5) is 44.8. The summed E-state index contributed by atoms with van der Waals surface area (Å²) in [6, 6.07) is 9.95. The second kappa shape index (κ2) is 10.8. The van der Waals surface area contributed by atoms with Crippen molar-refractivity contribution in [2.24, 2.45) is 0 Å². The Labute approximate surface area is 221 Å². The molecule has 0 atom stereocenters. The fourth-order valence-electron chi connectivity index (χ4n) is 4.71. The van der Waals surface area contributed by atoms with Crippen LogP contribution in [0.25, 0.3) is 10.9 Å². The molecule has 2 aliphatic rings. The molecule has 2 saturated heterocycles. The number of ether oxygens (including phenoxy) is 2. The van der Waals surface area contributed by atoms with Gasteiger partial charge in [-0.15, -0.1) is 0 Å². The molecule has 0 bridgehead atoms. The fourth-order valence-corrected chi connectivity index (χ4v) is 4.71. The van der Waals surface area contributed by atoms with Crippen LogP contribution in [0.1, 0.15) is 12.8 Å². The van der Waals surface area contributed by atoms with E-state index in [9.17, 15) is 28.3 Å². The summed E-state index contributed by atoms with van der Waals surface area (Å²) in [6.45, 7) is 1.68. The molecule has 2 fully saturated rings. The van der Waals surface area contributed by atoms with Crippen molar-refractivity contribution in [1.29, 1.82) is 0 Å². The SMILES string of the molecule is O=C(O)Nc1cc2ncn(CC(=O)N3CCCC(F)(F)C3)c(=O)c2cc1Oc1cccc(N2CCOCC2)c1. The van der Waals surface area contributed by atoms with Crippen LogP contribution in [0.2, 0.25) is 0 Å². The number of likely N-dealkylation sites (tertiary alicyclic amines) is 1. The van der Waals surface area contributed by atoms with Gasteiger partial charge in [-0.05, 0) is 30.7 Å². The number of aromatic nitrogens is 2. The highest BCUT2D eigenvalue weighted by atomic mass is 19.3. The van der Waals surface area contributed by atoms with Gasteiger partial charge in [0.1, 0.15) is 12.3 Å². The van der Waals surface area contributed by atoms with E-state index >= 15 is 0 Å². The third kappa shape index (κ3) is 6.08. The Balaban J connectivity index is 1.45. The maximum Gasteiger partial charge on any atom is 0.409 e. The Bertz CT molecular complexity index is 1460. The molecule has 0 saturated carbocycles. The number of carbonyl (C=O) groups is 2. The zero-order chi connectivity index (χ0) is 27.6. The molecule has 206 valence electrons. The predicted molar refractivity (Wildman–Crippen MR) is 138 cm³/mol. The molecule has 39 heavy (non-hydrogen) atoms. The van der Waals surface area contributed by atoms with Crippen molar-refractivity contribution in [3.63, 3.8) is 0 Å². The number of nitrogens with one attached hydrogen (secondary N) is 1. The van der Waals surface area contributed by atoms with E-state index in [0.717, 1.165) is 21.5 Å². The van der Waals surface area contributed by atoms with Crippen molar-refractivity contribution in [3.8, 4) is 11.5 Å². The van der Waals surface area contributed by atoms with Crippen LogP contribution in [0.3, 0.4) is 0 Å². The average Bonchev–Trinajstić information content (AvgIpc) is 2.91. The van der Waals surface area contributed by atoms with E-state index in [2.05, 4.69) is 15.2 Å². The maximum atomic E-state index is 13.8. The number of anilines is 2. The minimum Gasteiger partial charge on any atom is -0.465 e. The molecule has 3 heterocycles. The highest BCUT2D eigenvalue weighted by molar-refractivity contribution is 5.92. The molecule has 1 aromatic heterocycles. The molecular weight excluding hydrogens is 516 g/mol. The van der Waals surface area contributed by atoms with Crippen LogP contribution >= 0.6 is 0 Å². The molecule has 0 unspecified atom stereocenters. The van der Waals surface area contributed by atoms with Gasteiger partial charge in [-0.2, -0.15) is 0 Å². The minimum absolute atomic E-state index is 0.0580. The van der Waals surface area contributed by atoms with Crippen molar-refractivity contribution >= 4 is 34.3 Å². The summed E-state index contributed by atoms with van der Waals surface area (Å²) < 4.78 is 40.0. The Hall–Kier alpha value is -4.26. The third-order valence-corrected chi connectivity index (χ3v) is 6.64. The van der Waals surface area contributed by atoms with E-state index in [1.54, 1.807) is 18.2 Å². The zero-order valence-corrected chi connectivity index (χ0v) is 20.9. The second-order valence-electron chi connectivity index (χ2n) is 9.45. The van der Waals surface area contributed by atoms with E-state index in [0.29, 0.717) is 32.1 Å². The zero-order valence-electron chi connectivity index (χ0n) is 20.9. The van der Waals surface area contributed by atoms with Gasteiger partial charge in [0.2, 0.25) is 5.91 Å². The molecule has 2 aromatic carbocycles. The fraction of sp³-hybridized carbons (Fsp3) is 0.385. The Kier molecular flexibility index (Phi) is 7.33. The van der Waals surface area contributed by atoms with Gasteiger partial charge in [0.25, 0.3) is 11.5 Å². The van der Waals surface area contributed by atoms with Gasteiger partial charge in [-0.1, -0.05) is 6.07 Å². The summed E-state index contributed by atoms with van der Waals surface area (Å²) in [5.41, 5.74) is 0.551. The molecule has 0 spiro atoms. The summed E-state index contributed by atoms with van der Waals surface area (Å²) in [5, 5.41) is 11.7. The van der Waals surface area contributed by atoms with Crippen molar-refractivity contribution in [2.45, 2.75) is 25.3 Å². The van der Waals surface area contributed by atoms with Crippen LogP contribution in [0.4, 0.5) is 25.0 Å². The number of carboxylic acid groups (broad SMARTS) is 1. The molecule has 5 rings (SSSR count). The van der Waals surface area contributed by atoms with Gasteiger partial charge in [-0.25, -0.2) is 18.6 Å². The van der Waals surface area contributed by atoms with E-state index in [4.69, 9.17) is 9.47 Å². The monoisotopic (exact) mass is 543 g/mol. The summed E-state index contributed by atoms with van der Waals surface area (Å²) in [5.74, 6) is -3.10. The minimum atomic E-state index is -2.96. The number of hydrogen-bond acceptors (Lipinski definition) is 7. The van der Waals surface area contributed by atoms with E-state index in [1.165, 1.54) is 12.1 Å². The highest BCUT2D eigenvalue weighted by Crippen LogP contribution is 2.34. The third-order valence-electron chi connectivity index (χ3n) is 6.64. The first kappa shape index (κ1) is 26.4. The molecule has 2 N–H and O–H groups in total. The highest BCUT2D eigenvalue weighted by Gasteiger charge is 2.37. The summed E-state index contributed by atoms with van der Waals surface area (Å²) in [7, 11) is 0. The Morgan fingerprint density at radius 2 is 1.95 bits per heavy atom. The lowest BCUT2D eigenvalue weighted by Crippen LogP contribution is -2.47. The van der Waals surface area contributed by atoms with Gasteiger partial charge in [0.05, 0.1) is 42.7 Å². The normalized spacial score (nSPS) is 17.2. The molecule has 0 radical (unpaired) electrons. The first-order chi connectivity index (χ1) is 18.7. The second-order valence-corrected chi connectivity index (χ2v) is 9.45. The number of fused-ring (bicyclic) bond motifs is 1. The van der Waals surface area contributed by atoms with Crippen molar-refractivity contribution in [3.05, 3.63) is 53.1 Å². The van der Waals surface area contributed by atoms with Crippen molar-refractivity contribution in [1.82, 2.24) is 14.5 Å². The quantitative estimate of drug-likeness (QED) is 0.485. The average molecular weight is 544 g/mol. The largest absolute Gasteiger partial charge is 0.465 e. The predicted octanol–water partition coefficient (Wildman–Crippen LogP) is 3.37. The first-order valence-electron chi connectivity index (χ1n) is 12.5. The standard InChI is InChI=1S/C26H27F2N5O6/c27-26(28)5-2-6-32(15-26)23(34)14-33-16-29-20-13-21(30-25(36)37)22(12-19(20)24(33)35)39-18-4-1-3-17(11-18)31-7-9-38-10-8-31/h1,3-4,11-13,16,30H,2,5-10,14-15H2,(H,36,37). The van der Waals surface area contributed by atoms with Crippen LogP contribution in [-0.4, -0.2) is 76.9 Å². The molecule has 0 aliphatic carbocycles. The molecule has 3 aromatic rings. The molecule has 2 amide bonds. The van der Waals surface area contributed by atoms with Gasteiger partial charge >= 0.3 is 6.09 Å². The topological polar surface area (TPSA) is 126 Å². The number of morpholine rings is 1. The van der Waals surface area contributed by atoms with Crippen LogP contribution in [0.15, 0.2) is 47.5 Å². The first-order valence-corrected chi connectivity index (χ1v) is 12.5. The van der Waals surface area contributed by atoms with Gasteiger partial charge in [-0.3, -0.25) is 19.5 Å². The number of alkyl halides is 2. The van der Waals surface area contributed by atoms with Crippen LogP contribution in [0.5, 0.6) is 11.5 Å². The number of carbonyl (C=O) groups excluding carboxylic acids is 1. The number of rotatable bonds is 6. The van der Waals surface area contributed by atoms with Crippen LogP contribution in [-0.2, 0) is 16.1 Å². The number of halogens is 2. The number of benzene rings is 2. The molecule has 13 heteroatoms. The summed E-state index contributed by atoms with van der Waals surface area (Å²) >= 11 is 0. The molecule has 2 aliphatic heterocycles. The number of nitrogens with zero attached hydrogens (tertiary/aromatic N) is 4. The van der Waals surface area contributed by atoms with E-state index in [1.807, 2.05) is 6.07 Å². The van der Waals surface area contributed by atoms with Gasteiger partial charge in [0.15, 0.2) is 5.75 Å². The Morgan fingerprint density at radius 3 is 2.69 bits per heavy atom. The van der Waals surface area contributed by atoms with E-state index in [-0.39, 0.29) is 41.7 Å². The van der Waals surface area contributed by atoms with Crippen LogP contribution < -0.4 is 20.5 Å². The lowest BCUT2D eigenvalue weighted by Gasteiger charge is -2.32. The van der Waals surface area contributed by atoms with Crippen molar-refractivity contribution < 1.29 is 33.0 Å². The van der Waals surface area contributed by atoms with E-state index < -0.39 is 36.6 Å². The summed E-state index contributed by atoms with van der Waals surface area (Å²) in [6.07, 6.45) is -0.296.